The molecule has 0 aliphatic carbocycles. The molecular weight excluding hydrogens is 276 g/mol. The van der Waals surface area contributed by atoms with E-state index in [-0.39, 0.29) is 24.2 Å². The van der Waals surface area contributed by atoms with Crippen LogP contribution in [0.15, 0.2) is 24.3 Å². The van der Waals surface area contributed by atoms with Gasteiger partial charge in [-0.1, -0.05) is 24.3 Å². The van der Waals surface area contributed by atoms with Crippen LogP contribution in [0.5, 0.6) is 0 Å². The van der Waals surface area contributed by atoms with E-state index in [9.17, 15) is 13.2 Å². The number of nitrogens with one attached hydrogen (secondary N) is 1. The Kier molecular flexibility index (Phi) is 4.45. The minimum Gasteiger partial charge on any atom is -0.343 e. The molecule has 20 heavy (non-hydrogen) atoms. The van der Waals surface area contributed by atoms with Crippen molar-refractivity contribution in [2.75, 3.05) is 25.6 Å². The highest BCUT2D eigenvalue weighted by Gasteiger charge is 2.26. The first kappa shape index (κ1) is 15.0. The smallest absolute Gasteiger partial charge is 0.239 e. The van der Waals surface area contributed by atoms with Gasteiger partial charge in [0.1, 0.15) is 9.84 Å². The Morgan fingerprint density at radius 3 is 2.65 bits per heavy atom. The normalized spacial score (nSPS) is 18.4. The lowest BCUT2D eigenvalue weighted by Gasteiger charge is -2.29. The Bertz CT molecular complexity index is 598. The van der Waals surface area contributed by atoms with Gasteiger partial charge in [-0.05, 0) is 17.5 Å². The van der Waals surface area contributed by atoms with Crippen molar-refractivity contribution in [3.05, 3.63) is 35.4 Å². The van der Waals surface area contributed by atoms with E-state index in [0.29, 0.717) is 13.0 Å². The Hall–Kier alpha value is -1.40. The zero-order chi connectivity index (χ0) is 14.8. The van der Waals surface area contributed by atoms with Gasteiger partial charge in [-0.3, -0.25) is 4.79 Å². The second-order valence-electron chi connectivity index (χ2n) is 5.30. The molecule has 1 N–H and O–H groups in total. The van der Waals surface area contributed by atoms with E-state index in [1.807, 2.05) is 18.2 Å². The molecule has 0 spiro atoms. The average Bonchev–Trinajstić information content (AvgIpc) is 2.42. The minimum atomic E-state index is -3.05. The molecule has 1 atom stereocenters. The van der Waals surface area contributed by atoms with Crippen LogP contribution in [0.25, 0.3) is 0 Å². The maximum absolute atomic E-state index is 12.3. The van der Waals surface area contributed by atoms with Crippen molar-refractivity contribution in [3.63, 3.8) is 0 Å². The van der Waals surface area contributed by atoms with Gasteiger partial charge >= 0.3 is 0 Å². The molecule has 5 nitrogen and oxygen atoms in total. The van der Waals surface area contributed by atoms with E-state index in [2.05, 4.69) is 11.4 Å². The molecule has 0 unspecified atom stereocenters. The van der Waals surface area contributed by atoms with Crippen LogP contribution >= 0.6 is 0 Å². The van der Waals surface area contributed by atoms with E-state index < -0.39 is 9.84 Å². The summed E-state index contributed by atoms with van der Waals surface area (Å²) in [4.78, 5) is 13.8. The first-order chi connectivity index (χ1) is 9.37. The highest BCUT2D eigenvalue weighted by Crippen LogP contribution is 2.17. The molecule has 2 rings (SSSR count). The zero-order valence-electron chi connectivity index (χ0n) is 11.8. The van der Waals surface area contributed by atoms with Crippen molar-refractivity contribution < 1.29 is 13.2 Å². The summed E-state index contributed by atoms with van der Waals surface area (Å²) in [6.07, 6.45) is 1.83. The van der Waals surface area contributed by atoms with Gasteiger partial charge in [-0.15, -0.1) is 0 Å². The van der Waals surface area contributed by atoms with Crippen LogP contribution in [0.4, 0.5) is 0 Å². The van der Waals surface area contributed by atoms with Crippen LogP contribution in [0.2, 0.25) is 0 Å². The second kappa shape index (κ2) is 5.93. The first-order valence-corrected chi connectivity index (χ1v) is 8.66. The van der Waals surface area contributed by atoms with E-state index >= 15 is 0 Å². The Labute approximate surface area is 119 Å². The maximum Gasteiger partial charge on any atom is 0.239 e. The van der Waals surface area contributed by atoms with E-state index in [0.717, 1.165) is 0 Å². The molecule has 1 amide bonds. The maximum atomic E-state index is 12.3. The van der Waals surface area contributed by atoms with Gasteiger partial charge < -0.3 is 10.2 Å². The van der Waals surface area contributed by atoms with Crippen molar-refractivity contribution in [3.8, 4) is 0 Å². The Morgan fingerprint density at radius 2 is 2.00 bits per heavy atom. The van der Waals surface area contributed by atoms with Crippen LogP contribution in [-0.2, 0) is 27.6 Å². The van der Waals surface area contributed by atoms with Crippen LogP contribution < -0.4 is 5.32 Å². The number of likely N-dealkylation sites (N-methyl/N-ethyl adjacent to an activating group) is 1. The van der Waals surface area contributed by atoms with Crippen molar-refractivity contribution in [1.29, 1.82) is 0 Å². The number of hydrogen-bond donors (Lipinski definition) is 1. The Balaban J connectivity index is 1.97. The molecule has 1 heterocycles. The molecule has 1 aliphatic heterocycles. The zero-order valence-corrected chi connectivity index (χ0v) is 12.6. The van der Waals surface area contributed by atoms with Crippen LogP contribution in [-0.4, -0.2) is 50.9 Å². The van der Waals surface area contributed by atoms with Crippen LogP contribution in [0.1, 0.15) is 11.1 Å². The molecule has 0 bridgehead atoms. The van der Waals surface area contributed by atoms with Crippen molar-refractivity contribution in [2.45, 2.75) is 19.0 Å². The summed E-state index contributed by atoms with van der Waals surface area (Å²) in [7, 11) is -1.40. The third-order valence-corrected chi connectivity index (χ3v) is 4.48. The topological polar surface area (TPSA) is 66.5 Å². The number of amides is 1. The molecule has 110 valence electrons. The summed E-state index contributed by atoms with van der Waals surface area (Å²) in [5.41, 5.74) is 2.40. The predicted octanol–water partition coefficient (Wildman–Crippen LogP) is 0.204. The fourth-order valence-corrected chi connectivity index (χ4v) is 2.91. The molecule has 0 radical (unpaired) electrons. The largest absolute Gasteiger partial charge is 0.343 e. The van der Waals surface area contributed by atoms with Crippen LogP contribution in [0.3, 0.4) is 0 Å². The second-order valence-corrected chi connectivity index (χ2v) is 7.56. The van der Waals surface area contributed by atoms with Gasteiger partial charge in [-0.2, -0.15) is 0 Å². The molecule has 1 aromatic carbocycles. The van der Waals surface area contributed by atoms with Gasteiger partial charge in [0.2, 0.25) is 5.91 Å². The summed E-state index contributed by atoms with van der Waals surface area (Å²) in [6.45, 7) is 0.907. The fraction of sp³-hybridized carbons (Fsp3) is 0.500. The average molecular weight is 296 g/mol. The van der Waals surface area contributed by atoms with E-state index in [1.54, 1.807) is 7.05 Å². The first-order valence-electron chi connectivity index (χ1n) is 6.60. The third kappa shape index (κ3) is 3.80. The molecule has 1 aliphatic rings. The molecule has 0 saturated heterocycles. The lowest BCUT2D eigenvalue weighted by molar-refractivity contribution is -0.132. The highest BCUT2D eigenvalue weighted by molar-refractivity contribution is 7.90. The minimum absolute atomic E-state index is 0.00144. The summed E-state index contributed by atoms with van der Waals surface area (Å²) < 4.78 is 22.3. The van der Waals surface area contributed by atoms with Gasteiger partial charge in [0.15, 0.2) is 0 Å². The van der Waals surface area contributed by atoms with Gasteiger partial charge in [0.25, 0.3) is 0 Å². The fourth-order valence-electron chi connectivity index (χ4n) is 2.31. The van der Waals surface area contributed by atoms with Crippen molar-refractivity contribution >= 4 is 15.7 Å². The molecule has 6 heteroatoms. The number of carbonyl (C=O) groups excluding carboxylic acids is 1. The SMILES string of the molecule is CN(CCS(C)(=O)=O)C(=O)[C@@H]1Cc2ccccc2CN1. The lowest BCUT2D eigenvalue weighted by Crippen LogP contribution is -2.49. The summed E-state index contributed by atoms with van der Waals surface area (Å²) in [5, 5.41) is 3.21. The quantitative estimate of drug-likeness (QED) is 0.862. The number of benzene rings is 1. The lowest BCUT2D eigenvalue weighted by atomic mass is 9.95. The van der Waals surface area contributed by atoms with Gasteiger partial charge in [0, 0.05) is 26.4 Å². The highest BCUT2D eigenvalue weighted by atomic mass is 32.2. The number of hydrogen-bond acceptors (Lipinski definition) is 4. The number of fused-ring (bicyclic) bond motifs is 1. The van der Waals surface area contributed by atoms with Gasteiger partial charge in [0.05, 0.1) is 11.8 Å². The van der Waals surface area contributed by atoms with Crippen molar-refractivity contribution in [1.82, 2.24) is 10.2 Å². The van der Waals surface area contributed by atoms with E-state index in [4.69, 9.17) is 0 Å². The van der Waals surface area contributed by atoms with Crippen LogP contribution in [0, 0.1) is 0 Å². The van der Waals surface area contributed by atoms with Gasteiger partial charge in [-0.25, -0.2) is 8.42 Å². The molecule has 1 aromatic rings. The predicted molar refractivity (Wildman–Crippen MR) is 78.1 cm³/mol. The number of sulfone groups is 1. The summed E-state index contributed by atoms with van der Waals surface area (Å²) in [6, 6.07) is 7.78. The standard InChI is InChI=1S/C14H20N2O3S/c1-16(7-8-20(2,18)19)14(17)13-9-11-5-3-4-6-12(11)10-15-13/h3-6,13,15H,7-10H2,1-2H3/t13-/m0/s1. The van der Waals surface area contributed by atoms with Crippen molar-refractivity contribution in [2.24, 2.45) is 0 Å². The Morgan fingerprint density at radius 1 is 1.35 bits per heavy atom. The number of rotatable bonds is 4. The summed E-state index contributed by atoms with van der Waals surface area (Å²) in [5.74, 6) is -0.0541. The number of nitrogens with zero attached hydrogens (tertiary/aromatic N) is 1. The monoisotopic (exact) mass is 296 g/mol. The molecule has 0 aromatic heterocycles. The van der Waals surface area contributed by atoms with E-state index in [1.165, 1.54) is 22.3 Å². The molecule has 0 saturated carbocycles. The number of carbonyl (C=O) groups is 1. The summed E-state index contributed by atoms with van der Waals surface area (Å²) >= 11 is 0. The molecular formula is C14H20N2O3S. The molecule has 0 fully saturated rings. The third-order valence-electron chi connectivity index (χ3n) is 3.55.